The number of rotatable bonds is 4. The maximum atomic E-state index is 12.6. The molecule has 0 spiro atoms. The van der Waals surface area contributed by atoms with E-state index in [2.05, 4.69) is 9.72 Å². The van der Waals surface area contributed by atoms with Crippen LogP contribution in [0, 0.1) is 0 Å². The number of amides is 1. The SMILES string of the molecule is COC(=O)c1coc(CN(C(=O)c2cccs2)C(C)(C)C)n1. The van der Waals surface area contributed by atoms with Gasteiger partial charge in [0.1, 0.15) is 6.26 Å². The van der Waals surface area contributed by atoms with Crippen molar-refractivity contribution in [1.82, 2.24) is 9.88 Å². The fourth-order valence-corrected chi connectivity index (χ4v) is 2.54. The maximum Gasteiger partial charge on any atom is 0.360 e. The fraction of sp³-hybridized carbons (Fsp3) is 0.400. The van der Waals surface area contributed by atoms with Crippen LogP contribution in [-0.4, -0.2) is 34.4 Å². The van der Waals surface area contributed by atoms with Crippen molar-refractivity contribution >= 4 is 23.2 Å². The van der Waals surface area contributed by atoms with E-state index < -0.39 is 11.5 Å². The molecule has 0 radical (unpaired) electrons. The minimum Gasteiger partial charge on any atom is -0.464 e. The number of aromatic nitrogens is 1. The van der Waals surface area contributed by atoms with E-state index in [-0.39, 0.29) is 18.1 Å². The van der Waals surface area contributed by atoms with E-state index in [1.54, 1.807) is 11.0 Å². The first-order chi connectivity index (χ1) is 10.3. The highest BCUT2D eigenvalue weighted by Crippen LogP contribution is 2.22. The summed E-state index contributed by atoms with van der Waals surface area (Å²) in [4.78, 5) is 30.4. The smallest absolute Gasteiger partial charge is 0.360 e. The monoisotopic (exact) mass is 322 g/mol. The van der Waals surface area contributed by atoms with Crippen LogP contribution in [0.5, 0.6) is 0 Å². The van der Waals surface area contributed by atoms with Gasteiger partial charge in [0, 0.05) is 5.54 Å². The van der Waals surface area contributed by atoms with Gasteiger partial charge in [-0.3, -0.25) is 4.79 Å². The molecule has 0 aliphatic rings. The zero-order valence-corrected chi connectivity index (χ0v) is 13.8. The summed E-state index contributed by atoms with van der Waals surface area (Å²) in [6.07, 6.45) is 1.23. The van der Waals surface area contributed by atoms with E-state index >= 15 is 0 Å². The minimum atomic E-state index is -0.568. The summed E-state index contributed by atoms with van der Waals surface area (Å²) in [5, 5.41) is 1.86. The second-order valence-electron chi connectivity index (χ2n) is 5.66. The predicted octanol–water partition coefficient (Wildman–Crippen LogP) is 2.96. The lowest BCUT2D eigenvalue weighted by Gasteiger charge is -2.34. The second kappa shape index (κ2) is 6.31. The minimum absolute atomic E-state index is 0.0925. The zero-order valence-electron chi connectivity index (χ0n) is 13.0. The number of hydrogen-bond donors (Lipinski definition) is 0. The summed E-state index contributed by atoms with van der Waals surface area (Å²) in [5.74, 6) is -0.373. The van der Waals surface area contributed by atoms with Crippen molar-refractivity contribution in [3.63, 3.8) is 0 Å². The summed E-state index contributed by atoms with van der Waals surface area (Å²) in [5.41, 5.74) is -0.323. The molecule has 22 heavy (non-hydrogen) atoms. The molecule has 0 unspecified atom stereocenters. The molecule has 2 heterocycles. The first-order valence-corrected chi connectivity index (χ1v) is 7.59. The molecule has 0 N–H and O–H groups in total. The maximum absolute atomic E-state index is 12.6. The molecule has 0 fully saturated rings. The van der Waals surface area contributed by atoms with Crippen molar-refractivity contribution in [1.29, 1.82) is 0 Å². The third-order valence-corrected chi connectivity index (χ3v) is 3.88. The number of methoxy groups -OCH3 is 1. The summed E-state index contributed by atoms with van der Waals surface area (Å²) < 4.78 is 9.87. The average molecular weight is 322 g/mol. The Labute approximate surface area is 132 Å². The van der Waals surface area contributed by atoms with Crippen LogP contribution in [0.1, 0.15) is 46.8 Å². The summed E-state index contributed by atoms with van der Waals surface area (Å²) in [6, 6.07) is 3.61. The molecule has 0 aromatic carbocycles. The van der Waals surface area contributed by atoms with E-state index in [0.717, 1.165) is 0 Å². The first-order valence-electron chi connectivity index (χ1n) is 6.71. The van der Waals surface area contributed by atoms with E-state index in [1.807, 2.05) is 32.2 Å². The molecule has 2 aromatic heterocycles. The summed E-state index contributed by atoms with van der Waals surface area (Å²) >= 11 is 1.38. The molecule has 0 saturated carbocycles. The van der Waals surface area contributed by atoms with Crippen molar-refractivity contribution in [2.75, 3.05) is 7.11 Å². The first kappa shape index (κ1) is 16.2. The lowest BCUT2D eigenvalue weighted by molar-refractivity contribution is 0.0538. The standard InChI is InChI=1S/C15H18N2O4S/c1-15(2,3)17(13(18)11-6-5-7-22-11)8-12-16-10(9-21-12)14(19)20-4/h5-7,9H,8H2,1-4H3. The lowest BCUT2D eigenvalue weighted by Crippen LogP contribution is -2.44. The zero-order chi connectivity index (χ0) is 16.3. The van der Waals surface area contributed by atoms with E-state index in [9.17, 15) is 9.59 Å². The Morgan fingerprint density at radius 2 is 2.14 bits per heavy atom. The number of ether oxygens (including phenoxy) is 1. The predicted molar refractivity (Wildman–Crippen MR) is 81.8 cm³/mol. The molecule has 2 aromatic rings. The molecular weight excluding hydrogens is 304 g/mol. The highest BCUT2D eigenvalue weighted by molar-refractivity contribution is 7.12. The van der Waals surface area contributed by atoms with Gasteiger partial charge in [0.15, 0.2) is 5.69 Å². The van der Waals surface area contributed by atoms with Gasteiger partial charge in [-0.2, -0.15) is 0 Å². The van der Waals surface area contributed by atoms with Gasteiger partial charge in [0.25, 0.3) is 5.91 Å². The number of hydrogen-bond acceptors (Lipinski definition) is 6. The van der Waals surface area contributed by atoms with Gasteiger partial charge >= 0.3 is 5.97 Å². The quantitative estimate of drug-likeness (QED) is 0.809. The molecule has 0 aliphatic heterocycles. The van der Waals surface area contributed by atoms with E-state index in [4.69, 9.17) is 4.42 Å². The number of carbonyl (C=O) groups is 2. The van der Waals surface area contributed by atoms with Crippen LogP contribution in [0.2, 0.25) is 0 Å². The Hall–Kier alpha value is -2.15. The molecule has 118 valence electrons. The molecule has 6 nitrogen and oxygen atoms in total. The molecule has 1 amide bonds. The second-order valence-corrected chi connectivity index (χ2v) is 6.61. The van der Waals surface area contributed by atoms with Crippen LogP contribution < -0.4 is 0 Å². The van der Waals surface area contributed by atoms with Crippen molar-refractivity contribution in [2.45, 2.75) is 32.9 Å². The Morgan fingerprint density at radius 1 is 1.41 bits per heavy atom. The topological polar surface area (TPSA) is 72.6 Å². The molecular formula is C15H18N2O4S. The fourth-order valence-electron chi connectivity index (χ4n) is 1.86. The van der Waals surface area contributed by atoms with Crippen LogP contribution in [0.4, 0.5) is 0 Å². The summed E-state index contributed by atoms with van der Waals surface area (Å²) in [6.45, 7) is 5.98. The number of carbonyl (C=O) groups excluding carboxylic acids is 2. The lowest BCUT2D eigenvalue weighted by atomic mass is 10.1. The Kier molecular flexibility index (Phi) is 4.65. The van der Waals surface area contributed by atoms with Crippen LogP contribution in [0.15, 0.2) is 28.2 Å². The van der Waals surface area contributed by atoms with Gasteiger partial charge in [-0.25, -0.2) is 9.78 Å². The Bertz CT molecular complexity index is 655. The normalized spacial score (nSPS) is 11.3. The molecule has 7 heteroatoms. The third-order valence-electron chi connectivity index (χ3n) is 3.03. The molecule has 0 bridgehead atoms. The van der Waals surface area contributed by atoms with Gasteiger partial charge in [-0.15, -0.1) is 11.3 Å². The number of oxazole rings is 1. The van der Waals surface area contributed by atoms with Crippen molar-refractivity contribution in [2.24, 2.45) is 0 Å². The van der Waals surface area contributed by atoms with Crippen LogP contribution in [0.25, 0.3) is 0 Å². The largest absolute Gasteiger partial charge is 0.464 e. The number of nitrogens with zero attached hydrogens (tertiary/aromatic N) is 2. The molecule has 0 atom stereocenters. The number of esters is 1. The number of thiophene rings is 1. The molecule has 0 aliphatic carbocycles. The Morgan fingerprint density at radius 3 is 2.68 bits per heavy atom. The van der Waals surface area contributed by atoms with Crippen LogP contribution in [0.3, 0.4) is 0 Å². The Balaban J connectivity index is 2.23. The van der Waals surface area contributed by atoms with Crippen LogP contribution >= 0.6 is 11.3 Å². The van der Waals surface area contributed by atoms with Gasteiger partial charge in [-0.1, -0.05) is 6.07 Å². The van der Waals surface area contributed by atoms with Crippen LogP contribution in [-0.2, 0) is 11.3 Å². The van der Waals surface area contributed by atoms with Crippen molar-refractivity contribution < 1.29 is 18.7 Å². The summed E-state index contributed by atoms with van der Waals surface area (Å²) in [7, 11) is 1.28. The highest BCUT2D eigenvalue weighted by atomic mass is 32.1. The van der Waals surface area contributed by atoms with Crippen molar-refractivity contribution in [3.8, 4) is 0 Å². The molecule has 2 rings (SSSR count). The molecule has 0 saturated heterocycles. The average Bonchev–Trinajstić information content (AvgIpc) is 3.13. The van der Waals surface area contributed by atoms with Gasteiger partial charge in [-0.05, 0) is 32.2 Å². The van der Waals surface area contributed by atoms with Gasteiger partial charge < -0.3 is 14.1 Å². The van der Waals surface area contributed by atoms with Gasteiger partial charge in [0.2, 0.25) is 5.89 Å². The van der Waals surface area contributed by atoms with Crippen molar-refractivity contribution in [3.05, 3.63) is 40.2 Å². The van der Waals surface area contributed by atoms with E-state index in [1.165, 1.54) is 24.7 Å². The highest BCUT2D eigenvalue weighted by Gasteiger charge is 2.29. The van der Waals surface area contributed by atoms with E-state index in [0.29, 0.717) is 10.8 Å². The third kappa shape index (κ3) is 3.54. The van der Waals surface area contributed by atoms with Gasteiger partial charge in [0.05, 0.1) is 18.5 Å².